The van der Waals surface area contributed by atoms with Crippen molar-refractivity contribution in [3.8, 4) is 0 Å². The molecule has 4 nitrogen and oxygen atoms in total. The van der Waals surface area contributed by atoms with Gasteiger partial charge in [0.2, 0.25) is 0 Å². The topological polar surface area (TPSA) is 44.4 Å². The van der Waals surface area contributed by atoms with Crippen LogP contribution in [0.3, 0.4) is 0 Å². The van der Waals surface area contributed by atoms with Gasteiger partial charge in [0.15, 0.2) is 0 Å². The number of likely N-dealkylation sites (tertiary alicyclic amines) is 1. The molecule has 0 bridgehead atoms. The molecule has 18 heavy (non-hydrogen) atoms. The summed E-state index contributed by atoms with van der Waals surface area (Å²) in [6, 6.07) is 5.76. The second-order valence-corrected chi connectivity index (χ2v) is 4.71. The maximum absolute atomic E-state index is 12.9. The molecule has 0 unspecified atom stereocenters. The molecule has 98 valence electrons. The minimum absolute atomic E-state index is 0.164. The average Bonchev–Trinajstić information content (AvgIpc) is 2.28. The van der Waals surface area contributed by atoms with Gasteiger partial charge in [0, 0.05) is 18.3 Å². The van der Waals surface area contributed by atoms with Crippen molar-refractivity contribution >= 4 is 11.7 Å². The zero-order valence-electron chi connectivity index (χ0n) is 10.4. The molecule has 1 aromatic rings. The Balaban J connectivity index is 1.85. The largest absolute Gasteiger partial charge is 0.334 e. The second kappa shape index (κ2) is 5.82. The van der Waals surface area contributed by atoms with Gasteiger partial charge in [-0.1, -0.05) is 6.07 Å². The Bertz CT molecular complexity index is 424. The van der Waals surface area contributed by atoms with E-state index in [1.54, 1.807) is 12.1 Å². The molecule has 2 N–H and O–H groups in total. The van der Waals surface area contributed by atoms with Crippen molar-refractivity contribution in [2.24, 2.45) is 0 Å². The number of urea groups is 1. The van der Waals surface area contributed by atoms with E-state index in [0.29, 0.717) is 5.69 Å². The van der Waals surface area contributed by atoms with Crippen LogP contribution in [0, 0.1) is 5.82 Å². The van der Waals surface area contributed by atoms with E-state index in [0.717, 1.165) is 25.9 Å². The second-order valence-electron chi connectivity index (χ2n) is 4.71. The lowest BCUT2D eigenvalue weighted by molar-refractivity contribution is 0.216. The van der Waals surface area contributed by atoms with E-state index >= 15 is 0 Å². The Morgan fingerprint density at radius 3 is 3.06 bits per heavy atom. The number of benzene rings is 1. The van der Waals surface area contributed by atoms with Crippen LogP contribution >= 0.6 is 0 Å². The summed E-state index contributed by atoms with van der Waals surface area (Å²) in [5.41, 5.74) is 0.469. The van der Waals surface area contributed by atoms with Crippen molar-refractivity contribution in [3.63, 3.8) is 0 Å². The zero-order chi connectivity index (χ0) is 13.0. The molecule has 0 radical (unpaired) electrons. The van der Waals surface area contributed by atoms with Gasteiger partial charge in [-0.15, -0.1) is 0 Å². The quantitative estimate of drug-likeness (QED) is 0.845. The summed E-state index contributed by atoms with van der Waals surface area (Å²) in [6.45, 7) is 1.93. The van der Waals surface area contributed by atoms with E-state index in [4.69, 9.17) is 0 Å². The maximum Gasteiger partial charge on any atom is 0.319 e. The van der Waals surface area contributed by atoms with Gasteiger partial charge >= 0.3 is 6.03 Å². The van der Waals surface area contributed by atoms with Gasteiger partial charge in [-0.3, -0.25) is 0 Å². The number of rotatable bonds is 2. The number of anilines is 1. The van der Waals surface area contributed by atoms with E-state index in [1.807, 2.05) is 7.05 Å². The molecular weight excluding hydrogens is 233 g/mol. The fourth-order valence-corrected chi connectivity index (χ4v) is 2.20. The Labute approximate surface area is 106 Å². The molecule has 1 heterocycles. The van der Waals surface area contributed by atoms with E-state index in [2.05, 4.69) is 15.5 Å². The molecule has 1 aliphatic rings. The molecule has 0 saturated carbocycles. The highest BCUT2D eigenvalue weighted by Crippen LogP contribution is 2.10. The number of nitrogens with one attached hydrogen (secondary N) is 2. The van der Waals surface area contributed by atoms with Gasteiger partial charge in [0.25, 0.3) is 0 Å². The first-order valence-corrected chi connectivity index (χ1v) is 6.15. The Morgan fingerprint density at radius 1 is 1.50 bits per heavy atom. The fraction of sp³-hybridized carbons (Fsp3) is 0.462. The minimum atomic E-state index is -0.356. The molecular formula is C13H18FN3O. The lowest BCUT2D eigenvalue weighted by Crippen LogP contribution is -2.47. The van der Waals surface area contributed by atoms with Crippen LogP contribution in [0.2, 0.25) is 0 Å². The first-order chi connectivity index (χ1) is 8.63. The van der Waals surface area contributed by atoms with Gasteiger partial charge < -0.3 is 15.5 Å². The average molecular weight is 251 g/mol. The van der Waals surface area contributed by atoms with E-state index in [1.165, 1.54) is 12.1 Å². The fourth-order valence-electron chi connectivity index (χ4n) is 2.20. The van der Waals surface area contributed by atoms with Crippen LogP contribution in [0.5, 0.6) is 0 Å². The molecule has 0 spiro atoms. The van der Waals surface area contributed by atoms with Crippen LogP contribution in [0.1, 0.15) is 12.8 Å². The van der Waals surface area contributed by atoms with Crippen molar-refractivity contribution < 1.29 is 9.18 Å². The minimum Gasteiger partial charge on any atom is -0.334 e. The summed E-state index contributed by atoms with van der Waals surface area (Å²) >= 11 is 0. The van der Waals surface area contributed by atoms with E-state index in [9.17, 15) is 9.18 Å². The SMILES string of the molecule is CN1CCC[C@@H](NC(=O)Nc2cccc(F)c2)C1. The summed E-state index contributed by atoms with van der Waals surface area (Å²) in [6.07, 6.45) is 2.07. The Morgan fingerprint density at radius 2 is 2.33 bits per heavy atom. The zero-order valence-corrected chi connectivity index (χ0v) is 10.4. The standard InChI is InChI=1S/C13H18FN3O/c1-17-7-3-6-12(9-17)16-13(18)15-11-5-2-4-10(14)8-11/h2,4-5,8,12H,3,6-7,9H2,1H3,(H2,15,16,18)/t12-/m1/s1. The van der Waals surface area contributed by atoms with Crippen molar-refractivity contribution in [1.82, 2.24) is 10.2 Å². The number of halogens is 1. The maximum atomic E-state index is 12.9. The number of amides is 2. The van der Waals surface area contributed by atoms with E-state index in [-0.39, 0.29) is 17.9 Å². The molecule has 2 amide bonds. The molecule has 5 heteroatoms. The smallest absolute Gasteiger partial charge is 0.319 e. The van der Waals surface area contributed by atoms with Gasteiger partial charge in [0.1, 0.15) is 5.82 Å². The number of nitrogens with zero attached hydrogens (tertiary/aromatic N) is 1. The van der Waals surface area contributed by atoms with Crippen molar-refractivity contribution in [1.29, 1.82) is 0 Å². The van der Waals surface area contributed by atoms with Gasteiger partial charge in [-0.25, -0.2) is 9.18 Å². The Hall–Kier alpha value is -1.62. The molecule has 1 aliphatic heterocycles. The van der Waals surface area contributed by atoms with Gasteiger partial charge in [-0.2, -0.15) is 0 Å². The number of hydrogen-bond donors (Lipinski definition) is 2. The molecule has 1 saturated heterocycles. The highest BCUT2D eigenvalue weighted by atomic mass is 19.1. The number of carbonyl (C=O) groups excluding carboxylic acids is 1. The van der Waals surface area contributed by atoms with Crippen LogP contribution in [-0.2, 0) is 0 Å². The molecule has 0 aliphatic carbocycles. The summed E-state index contributed by atoms with van der Waals surface area (Å²) in [5, 5.41) is 5.54. The molecule has 1 atom stereocenters. The molecule has 2 rings (SSSR count). The number of carbonyl (C=O) groups is 1. The van der Waals surface area contributed by atoms with Gasteiger partial charge in [0.05, 0.1) is 0 Å². The predicted octanol–water partition coefficient (Wildman–Crippen LogP) is 2.04. The van der Waals surface area contributed by atoms with Crippen molar-refractivity contribution in [2.45, 2.75) is 18.9 Å². The summed E-state index contributed by atoms with van der Waals surface area (Å²) in [5.74, 6) is -0.356. The van der Waals surface area contributed by atoms with Crippen molar-refractivity contribution in [2.75, 3.05) is 25.5 Å². The normalized spacial score (nSPS) is 20.4. The number of hydrogen-bond acceptors (Lipinski definition) is 2. The van der Waals surface area contributed by atoms with Crippen LogP contribution in [-0.4, -0.2) is 37.1 Å². The predicted molar refractivity (Wildman–Crippen MR) is 69.1 cm³/mol. The number of piperidine rings is 1. The highest BCUT2D eigenvalue weighted by Gasteiger charge is 2.18. The summed E-state index contributed by atoms with van der Waals surface area (Å²) in [7, 11) is 2.04. The first kappa shape index (κ1) is 12.8. The molecule has 1 fully saturated rings. The molecule has 1 aromatic carbocycles. The van der Waals surface area contributed by atoms with Crippen LogP contribution in [0.15, 0.2) is 24.3 Å². The van der Waals surface area contributed by atoms with Crippen LogP contribution < -0.4 is 10.6 Å². The lowest BCUT2D eigenvalue weighted by atomic mass is 10.1. The van der Waals surface area contributed by atoms with Crippen LogP contribution in [0.4, 0.5) is 14.9 Å². The third-order valence-electron chi connectivity index (χ3n) is 3.04. The highest BCUT2D eigenvalue weighted by molar-refractivity contribution is 5.89. The van der Waals surface area contributed by atoms with Crippen molar-refractivity contribution in [3.05, 3.63) is 30.1 Å². The van der Waals surface area contributed by atoms with E-state index < -0.39 is 0 Å². The third kappa shape index (κ3) is 3.70. The lowest BCUT2D eigenvalue weighted by Gasteiger charge is -2.30. The number of likely N-dealkylation sites (N-methyl/N-ethyl adjacent to an activating group) is 1. The molecule has 0 aromatic heterocycles. The van der Waals surface area contributed by atoms with Crippen LogP contribution in [0.25, 0.3) is 0 Å². The summed E-state index contributed by atoms with van der Waals surface area (Å²) < 4.78 is 12.9. The Kier molecular flexibility index (Phi) is 4.15. The first-order valence-electron chi connectivity index (χ1n) is 6.15. The van der Waals surface area contributed by atoms with Gasteiger partial charge in [-0.05, 0) is 44.6 Å². The third-order valence-corrected chi connectivity index (χ3v) is 3.04. The summed E-state index contributed by atoms with van der Waals surface area (Å²) in [4.78, 5) is 13.9. The monoisotopic (exact) mass is 251 g/mol.